The van der Waals surface area contributed by atoms with Crippen LogP contribution in [0.5, 0.6) is 0 Å². The van der Waals surface area contributed by atoms with Crippen LogP contribution in [0.4, 0.5) is 0 Å². The first-order chi connectivity index (χ1) is 10.0. The summed E-state index contributed by atoms with van der Waals surface area (Å²) >= 11 is 0. The van der Waals surface area contributed by atoms with E-state index in [1.54, 1.807) is 7.11 Å². The maximum atomic E-state index is 12.9. The Morgan fingerprint density at radius 2 is 2.00 bits per heavy atom. The molecule has 120 valence electrons. The minimum absolute atomic E-state index is 0.0186. The Kier molecular flexibility index (Phi) is 5.25. The maximum Gasteiger partial charge on any atom is 0.246 e. The first kappa shape index (κ1) is 16.3. The van der Waals surface area contributed by atoms with Crippen molar-refractivity contribution in [3.05, 3.63) is 0 Å². The molecule has 2 amide bonds. The second kappa shape index (κ2) is 6.77. The average molecular weight is 296 g/mol. The highest BCUT2D eigenvalue weighted by Gasteiger charge is 2.49. The summed E-state index contributed by atoms with van der Waals surface area (Å²) in [5, 5.41) is 2.97. The smallest absolute Gasteiger partial charge is 0.246 e. The quantitative estimate of drug-likeness (QED) is 0.775. The molecule has 0 aromatic heterocycles. The fourth-order valence-corrected chi connectivity index (χ4v) is 3.15. The number of hydrogen-bond acceptors (Lipinski definition) is 3. The summed E-state index contributed by atoms with van der Waals surface area (Å²) in [5.41, 5.74) is 0. The molecule has 0 radical (unpaired) electrons. The number of nitrogens with one attached hydrogen (secondary N) is 1. The molecule has 1 aliphatic heterocycles. The molecule has 2 rings (SSSR count). The molecule has 0 bridgehead atoms. The molecule has 1 N–H and O–H groups in total. The lowest BCUT2D eigenvalue weighted by Crippen LogP contribution is -2.67. The van der Waals surface area contributed by atoms with Gasteiger partial charge in [0.25, 0.3) is 0 Å². The van der Waals surface area contributed by atoms with E-state index in [-0.39, 0.29) is 35.9 Å². The van der Waals surface area contributed by atoms with Crippen molar-refractivity contribution >= 4 is 11.8 Å². The van der Waals surface area contributed by atoms with Crippen molar-refractivity contribution in [2.24, 2.45) is 11.8 Å². The van der Waals surface area contributed by atoms with Gasteiger partial charge in [-0.15, -0.1) is 0 Å². The fourth-order valence-electron chi connectivity index (χ4n) is 3.15. The van der Waals surface area contributed by atoms with Gasteiger partial charge in [-0.1, -0.05) is 20.3 Å². The largest absolute Gasteiger partial charge is 0.385 e. The Morgan fingerprint density at radius 3 is 2.52 bits per heavy atom. The lowest BCUT2D eigenvalue weighted by atomic mass is 9.90. The van der Waals surface area contributed by atoms with Crippen LogP contribution in [-0.4, -0.2) is 48.6 Å². The van der Waals surface area contributed by atoms with Gasteiger partial charge < -0.3 is 15.0 Å². The summed E-state index contributed by atoms with van der Waals surface area (Å²) in [4.78, 5) is 27.2. The second-order valence-corrected chi connectivity index (χ2v) is 6.53. The molecule has 2 fully saturated rings. The Hall–Kier alpha value is -1.10. The zero-order valence-electron chi connectivity index (χ0n) is 13.6. The molecule has 5 heteroatoms. The summed E-state index contributed by atoms with van der Waals surface area (Å²) in [6.07, 6.45) is 3.74. The van der Waals surface area contributed by atoms with Crippen molar-refractivity contribution in [3.8, 4) is 0 Å². The summed E-state index contributed by atoms with van der Waals surface area (Å²) in [5.74, 6) is 0.631. The average Bonchev–Trinajstić information content (AvgIpc) is 3.30. The van der Waals surface area contributed by atoms with Gasteiger partial charge in [0.15, 0.2) is 0 Å². The molecule has 21 heavy (non-hydrogen) atoms. The van der Waals surface area contributed by atoms with Crippen LogP contribution in [0.15, 0.2) is 0 Å². The first-order valence-electron chi connectivity index (χ1n) is 8.12. The van der Waals surface area contributed by atoms with Gasteiger partial charge >= 0.3 is 0 Å². The third-order valence-electron chi connectivity index (χ3n) is 4.88. The third kappa shape index (κ3) is 3.39. The normalized spacial score (nSPS) is 29.2. The van der Waals surface area contributed by atoms with Crippen LogP contribution in [0, 0.1) is 11.8 Å². The summed E-state index contributed by atoms with van der Waals surface area (Å²) < 4.78 is 5.14. The lowest BCUT2D eigenvalue weighted by Gasteiger charge is -2.44. The summed E-state index contributed by atoms with van der Waals surface area (Å²) in [7, 11) is 1.66. The van der Waals surface area contributed by atoms with Gasteiger partial charge in [0.1, 0.15) is 12.1 Å². The molecule has 2 aliphatic rings. The molecule has 4 unspecified atom stereocenters. The van der Waals surface area contributed by atoms with Crippen molar-refractivity contribution in [3.63, 3.8) is 0 Å². The van der Waals surface area contributed by atoms with Crippen LogP contribution >= 0.6 is 0 Å². The first-order valence-corrected chi connectivity index (χ1v) is 8.12. The van der Waals surface area contributed by atoms with Crippen LogP contribution in [-0.2, 0) is 14.3 Å². The maximum absolute atomic E-state index is 12.9. The van der Waals surface area contributed by atoms with Gasteiger partial charge in [-0.05, 0) is 38.0 Å². The number of carbonyl (C=O) groups excluding carboxylic acids is 2. The summed E-state index contributed by atoms with van der Waals surface area (Å²) in [6.45, 7) is 6.74. The van der Waals surface area contributed by atoms with E-state index in [0.29, 0.717) is 12.5 Å². The van der Waals surface area contributed by atoms with Crippen molar-refractivity contribution in [2.45, 2.75) is 64.6 Å². The van der Waals surface area contributed by atoms with Crippen molar-refractivity contribution in [2.75, 3.05) is 13.7 Å². The Morgan fingerprint density at radius 1 is 1.33 bits per heavy atom. The summed E-state index contributed by atoms with van der Waals surface area (Å²) in [6, 6.07) is -0.615. The molecule has 0 aromatic carbocycles. The van der Waals surface area contributed by atoms with Crippen LogP contribution in [0.25, 0.3) is 0 Å². The minimum atomic E-state index is -0.343. The molecule has 1 heterocycles. The third-order valence-corrected chi connectivity index (χ3v) is 4.88. The van der Waals surface area contributed by atoms with E-state index in [0.717, 1.165) is 25.7 Å². The van der Waals surface area contributed by atoms with Gasteiger partial charge in [0.05, 0.1) is 0 Å². The van der Waals surface area contributed by atoms with Crippen molar-refractivity contribution in [1.82, 2.24) is 10.2 Å². The van der Waals surface area contributed by atoms with Gasteiger partial charge in [-0.2, -0.15) is 0 Å². The highest BCUT2D eigenvalue weighted by molar-refractivity contribution is 5.97. The van der Waals surface area contributed by atoms with Crippen LogP contribution in [0.1, 0.15) is 46.5 Å². The molecule has 1 saturated carbocycles. The number of carbonyl (C=O) groups is 2. The lowest BCUT2D eigenvalue weighted by molar-refractivity contribution is -0.155. The van der Waals surface area contributed by atoms with Crippen LogP contribution in [0.3, 0.4) is 0 Å². The monoisotopic (exact) mass is 296 g/mol. The molecular formula is C16H28N2O3. The van der Waals surface area contributed by atoms with Crippen molar-refractivity contribution in [1.29, 1.82) is 0 Å². The topological polar surface area (TPSA) is 58.6 Å². The van der Waals surface area contributed by atoms with Gasteiger partial charge in [-0.25, -0.2) is 0 Å². The SMILES string of the molecule is CCC(C)C1C(=O)NC(C2CC2)C(=O)N1C(C)CCOC. The van der Waals surface area contributed by atoms with Crippen molar-refractivity contribution < 1.29 is 14.3 Å². The Balaban J connectivity index is 2.20. The number of hydrogen-bond donors (Lipinski definition) is 1. The Labute approximate surface area is 127 Å². The molecule has 5 nitrogen and oxygen atoms in total. The van der Waals surface area contributed by atoms with E-state index in [1.165, 1.54) is 0 Å². The number of ether oxygens (including phenoxy) is 1. The predicted molar refractivity (Wildman–Crippen MR) is 80.7 cm³/mol. The van der Waals surface area contributed by atoms with E-state index in [9.17, 15) is 9.59 Å². The number of nitrogens with zero attached hydrogens (tertiary/aromatic N) is 1. The van der Waals surface area contributed by atoms with Gasteiger partial charge in [0.2, 0.25) is 11.8 Å². The van der Waals surface area contributed by atoms with E-state index in [2.05, 4.69) is 12.2 Å². The zero-order chi connectivity index (χ0) is 15.6. The molecule has 4 atom stereocenters. The zero-order valence-corrected chi connectivity index (χ0v) is 13.6. The highest BCUT2D eigenvalue weighted by Crippen LogP contribution is 2.36. The second-order valence-electron chi connectivity index (χ2n) is 6.53. The van der Waals surface area contributed by atoms with Crippen LogP contribution < -0.4 is 5.32 Å². The molecule has 0 spiro atoms. The minimum Gasteiger partial charge on any atom is -0.385 e. The highest BCUT2D eigenvalue weighted by atomic mass is 16.5. The van der Waals surface area contributed by atoms with E-state index < -0.39 is 0 Å². The van der Waals surface area contributed by atoms with Crippen LogP contribution in [0.2, 0.25) is 0 Å². The fraction of sp³-hybridized carbons (Fsp3) is 0.875. The number of methoxy groups -OCH3 is 1. The predicted octanol–water partition coefficient (Wildman–Crippen LogP) is 1.56. The number of piperazine rings is 1. The molecule has 0 aromatic rings. The van der Waals surface area contributed by atoms with Gasteiger partial charge in [-0.3, -0.25) is 9.59 Å². The van der Waals surface area contributed by atoms with E-state index >= 15 is 0 Å². The van der Waals surface area contributed by atoms with Gasteiger partial charge in [0, 0.05) is 19.8 Å². The van der Waals surface area contributed by atoms with E-state index in [4.69, 9.17) is 4.74 Å². The Bertz CT molecular complexity index is 395. The molecule has 1 saturated heterocycles. The molecular weight excluding hydrogens is 268 g/mol. The standard InChI is InChI=1S/C16H28N2O3/c1-5-10(2)14-15(19)17-13(12-6-7-12)16(20)18(14)11(3)8-9-21-4/h10-14H,5-9H2,1-4H3,(H,17,19). The molecule has 1 aliphatic carbocycles. The van der Waals surface area contributed by atoms with E-state index in [1.807, 2.05) is 18.7 Å². The number of amides is 2. The number of rotatable bonds is 7.